The molecule has 1 atom stereocenters. The van der Waals surface area contributed by atoms with E-state index in [-0.39, 0.29) is 12.1 Å². The summed E-state index contributed by atoms with van der Waals surface area (Å²) >= 11 is 0. The van der Waals surface area contributed by atoms with Gasteiger partial charge in [-0.1, -0.05) is 125 Å². The van der Waals surface area contributed by atoms with Gasteiger partial charge in [0.15, 0.2) is 0 Å². The Morgan fingerprint density at radius 3 is 1.68 bits per heavy atom. The molecule has 3 aromatic rings. The van der Waals surface area contributed by atoms with E-state index >= 15 is 0 Å². The van der Waals surface area contributed by atoms with Gasteiger partial charge < -0.3 is 9.47 Å². The molecule has 3 rings (SSSR count). The topological polar surface area (TPSA) is 35.5 Å². The van der Waals surface area contributed by atoms with Gasteiger partial charge in [0, 0.05) is 6.92 Å². The molecule has 0 bridgehead atoms. The first-order valence-electron chi connectivity index (χ1n) is 14.2. The molecule has 198 valence electrons. The fourth-order valence-corrected chi connectivity index (χ4v) is 4.75. The fourth-order valence-electron chi connectivity index (χ4n) is 4.75. The van der Waals surface area contributed by atoms with Crippen molar-refractivity contribution >= 4 is 5.97 Å². The van der Waals surface area contributed by atoms with Crippen LogP contribution in [0.3, 0.4) is 0 Å². The van der Waals surface area contributed by atoms with Gasteiger partial charge in [-0.3, -0.25) is 4.79 Å². The second kappa shape index (κ2) is 15.9. The van der Waals surface area contributed by atoms with Gasteiger partial charge in [-0.25, -0.2) is 0 Å². The van der Waals surface area contributed by atoms with E-state index in [2.05, 4.69) is 67.6 Å². The van der Waals surface area contributed by atoms with Gasteiger partial charge in [0.05, 0.1) is 6.61 Å². The third-order valence-corrected chi connectivity index (χ3v) is 6.89. The molecular formula is C34H44O3. The van der Waals surface area contributed by atoms with Gasteiger partial charge in [0.2, 0.25) is 0 Å². The molecule has 0 aliphatic heterocycles. The summed E-state index contributed by atoms with van der Waals surface area (Å²) < 4.78 is 11.3. The lowest BCUT2D eigenvalue weighted by molar-refractivity contribution is -0.145. The van der Waals surface area contributed by atoms with E-state index in [0.29, 0.717) is 0 Å². The molecule has 0 radical (unpaired) electrons. The minimum atomic E-state index is -0.266. The summed E-state index contributed by atoms with van der Waals surface area (Å²) in [5.74, 6) is 0.666. The zero-order valence-corrected chi connectivity index (χ0v) is 23.0. The Morgan fingerprint density at radius 2 is 1.16 bits per heavy atom. The van der Waals surface area contributed by atoms with Crippen LogP contribution >= 0.6 is 0 Å². The summed E-state index contributed by atoms with van der Waals surface area (Å²) in [6.45, 7) is 6.39. The molecule has 3 heteroatoms. The maximum Gasteiger partial charge on any atom is 0.303 e. The normalized spacial score (nSPS) is 11.8. The van der Waals surface area contributed by atoms with Crippen molar-refractivity contribution in [1.82, 2.24) is 0 Å². The second-order valence-electron chi connectivity index (χ2n) is 9.97. The van der Waals surface area contributed by atoms with Crippen LogP contribution < -0.4 is 4.74 Å². The molecule has 0 heterocycles. The summed E-state index contributed by atoms with van der Waals surface area (Å²) in [5.41, 5.74) is 5.65. The Bertz CT molecular complexity index is 1050. The Morgan fingerprint density at radius 1 is 0.676 bits per heavy atom. The van der Waals surface area contributed by atoms with Crippen molar-refractivity contribution in [1.29, 1.82) is 0 Å². The number of carbonyl (C=O) groups excluding carboxylic acids is 1. The lowest BCUT2D eigenvalue weighted by Gasteiger charge is -2.14. The van der Waals surface area contributed by atoms with E-state index in [0.717, 1.165) is 29.9 Å². The Labute approximate surface area is 224 Å². The predicted octanol–water partition coefficient (Wildman–Crippen LogP) is 9.94. The summed E-state index contributed by atoms with van der Waals surface area (Å²) in [4.78, 5) is 11.3. The number of hydrogen-bond acceptors (Lipinski definition) is 3. The molecule has 0 aliphatic carbocycles. The maximum atomic E-state index is 11.3. The van der Waals surface area contributed by atoms with E-state index in [4.69, 9.17) is 9.47 Å². The van der Waals surface area contributed by atoms with Crippen molar-refractivity contribution < 1.29 is 14.3 Å². The zero-order chi connectivity index (χ0) is 26.3. The van der Waals surface area contributed by atoms with Gasteiger partial charge in [0.1, 0.15) is 11.9 Å². The molecule has 3 nitrogen and oxygen atoms in total. The standard InChI is InChI=1S/C34H44O3/c1-4-5-6-7-8-9-10-11-12-15-26-36-32-24-22-31(23-25-32)34-17-14-13-16-33(34)30-20-18-29(19-21-30)27(2)37-28(3)35/h13-14,16-25,27H,4-12,15,26H2,1-3H3. The van der Waals surface area contributed by atoms with E-state index in [9.17, 15) is 4.79 Å². The first-order valence-corrected chi connectivity index (χ1v) is 14.2. The largest absolute Gasteiger partial charge is 0.494 e. The van der Waals surface area contributed by atoms with Crippen LogP contribution in [0.15, 0.2) is 72.8 Å². The van der Waals surface area contributed by atoms with Gasteiger partial charge in [0.25, 0.3) is 0 Å². The highest BCUT2D eigenvalue weighted by molar-refractivity contribution is 5.83. The molecular weight excluding hydrogens is 456 g/mol. The van der Waals surface area contributed by atoms with Crippen molar-refractivity contribution in [3.8, 4) is 28.0 Å². The molecule has 0 saturated heterocycles. The Kier molecular flexibility index (Phi) is 12.3. The molecule has 0 N–H and O–H groups in total. The highest BCUT2D eigenvalue weighted by atomic mass is 16.5. The summed E-state index contributed by atoms with van der Waals surface area (Å²) in [6.07, 6.45) is 13.1. The average Bonchev–Trinajstić information content (AvgIpc) is 2.92. The second-order valence-corrected chi connectivity index (χ2v) is 9.97. The van der Waals surface area contributed by atoms with Crippen LogP contribution in [0.1, 0.15) is 96.6 Å². The molecule has 1 unspecified atom stereocenters. The molecule has 0 aliphatic rings. The van der Waals surface area contributed by atoms with Gasteiger partial charge >= 0.3 is 5.97 Å². The van der Waals surface area contributed by atoms with Crippen LogP contribution in [-0.2, 0) is 9.53 Å². The van der Waals surface area contributed by atoms with Crippen LogP contribution in [0.4, 0.5) is 0 Å². The number of unbranched alkanes of at least 4 members (excludes halogenated alkanes) is 9. The predicted molar refractivity (Wildman–Crippen MR) is 155 cm³/mol. The maximum absolute atomic E-state index is 11.3. The molecule has 0 aromatic heterocycles. The van der Waals surface area contributed by atoms with Crippen LogP contribution in [0.2, 0.25) is 0 Å². The molecule has 0 spiro atoms. The third-order valence-electron chi connectivity index (χ3n) is 6.89. The lowest BCUT2D eigenvalue weighted by atomic mass is 9.94. The average molecular weight is 501 g/mol. The monoisotopic (exact) mass is 500 g/mol. The SMILES string of the molecule is CCCCCCCCCCCCOc1ccc(-c2ccccc2-c2ccc(C(C)OC(C)=O)cc2)cc1. The Hall–Kier alpha value is -3.07. The lowest BCUT2D eigenvalue weighted by Crippen LogP contribution is -2.04. The highest BCUT2D eigenvalue weighted by Crippen LogP contribution is 2.33. The van der Waals surface area contributed by atoms with Gasteiger partial charge in [-0.15, -0.1) is 0 Å². The van der Waals surface area contributed by atoms with Gasteiger partial charge in [-0.2, -0.15) is 0 Å². The van der Waals surface area contributed by atoms with E-state index in [1.54, 1.807) is 0 Å². The van der Waals surface area contributed by atoms with Crippen molar-refractivity contribution in [3.63, 3.8) is 0 Å². The summed E-state index contributed by atoms with van der Waals surface area (Å²) in [7, 11) is 0. The van der Waals surface area contributed by atoms with Crippen LogP contribution in [-0.4, -0.2) is 12.6 Å². The molecule has 37 heavy (non-hydrogen) atoms. The Balaban J connectivity index is 1.48. The molecule has 0 fully saturated rings. The van der Waals surface area contributed by atoms with Gasteiger partial charge in [-0.05, 0) is 53.3 Å². The molecule has 0 amide bonds. The quantitative estimate of drug-likeness (QED) is 0.145. The van der Waals surface area contributed by atoms with Crippen LogP contribution in [0.5, 0.6) is 5.75 Å². The van der Waals surface area contributed by atoms with Crippen LogP contribution in [0.25, 0.3) is 22.3 Å². The number of ether oxygens (including phenoxy) is 2. The van der Waals surface area contributed by atoms with Crippen molar-refractivity contribution in [2.45, 2.75) is 91.1 Å². The zero-order valence-electron chi connectivity index (χ0n) is 23.0. The molecule has 0 saturated carbocycles. The smallest absolute Gasteiger partial charge is 0.303 e. The van der Waals surface area contributed by atoms with E-state index < -0.39 is 0 Å². The summed E-state index contributed by atoms with van der Waals surface area (Å²) in [6, 6.07) is 25.1. The number of esters is 1. The van der Waals surface area contributed by atoms with Crippen molar-refractivity contribution in [3.05, 3.63) is 78.4 Å². The van der Waals surface area contributed by atoms with E-state index in [1.807, 2.05) is 19.1 Å². The van der Waals surface area contributed by atoms with Crippen molar-refractivity contribution in [2.24, 2.45) is 0 Å². The number of carbonyl (C=O) groups is 1. The first-order chi connectivity index (χ1) is 18.1. The third kappa shape index (κ3) is 9.72. The highest BCUT2D eigenvalue weighted by Gasteiger charge is 2.11. The minimum Gasteiger partial charge on any atom is -0.494 e. The first kappa shape index (κ1) is 28.5. The number of hydrogen-bond donors (Lipinski definition) is 0. The van der Waals surface area contributed by atoms with Crippen molar-refractivity contribution in [2.75, 3.05) is 6.61 Å². The van der Waals surface area contributed by atoms with E-state index in [1.165, 1.54) is 81.4 Å². The summed E-state index contributed by atoms with van der Waals surface area (Å²) in [5, 5.41) is 0. The number of rotatable bonds is 16. The number of benzene rings is 3. The fraction of sp³-hybridized carbons (Fsp3) is 0.441. The van der Waals surface area contributed by atoms with Crippen LogP contribution in [0, 0.1) is 0 Å². The molecule has 3 aromatic carbocycles. The minimum absolute atomic E-state index is 0.255.